The zero-order valence-corrected chi connectivity index (χ0v) is 12.3. The minimum absolute atomic E-state index is 0.0130. The molecule has 0 aliphatic rings. The van der Waals surface area contributed by atoms with Crippen LogP contribution in [0.4, 0.5) is 5.69 Å². The average Bonchev–Trinajstić information content (AvgIpc) is 2.81. The first kappa shape index (κ1) is 13.8. The Hall–Kier alpha value is -1.59. The van der Waals surface area contributed by atoms with Gasteiger partial charge in [-0.3, -0.25) is 4.79 Å². The number of anilines is 1. The van der Waals surface area contributed by atoms with E-state index in [-0.39, 0.29) is 5.91 Å². The highest BCUT2D eigenvalue weighted by Gasteiger charge is 2.08. The standard InChI is InChI=1S/C13H14ClN3OS/c1-17(2)13(18)9-4-3-5-10(6-9)15-8-12-16-7-11(14)19-12/h3-7,15H,8H2,1-2H3. The fraction of sp³-hybridized carbons (Fsp3) is 0.231. The highest BCUT2D eigenvalue weighted by atomic mass is 35.5. The summed E-state index contributed by atoms with van der Waals surface area (Å²) in [6.45, 7) is 0.594. The average molecular weight is 296 g/mol. The molecule has 19 heavy (non-hydrogen) atoms. The summed E-state index contributed by atoms with van der Waals surface area (Å²) in [6.07, 6.45) is 1.63. The van der Waals surface area contributed by atoms with E-state index in [4.69, 9.17) is 11.6 Å². The van der Waals surface area contributed by atoms with Gasteiger partial charge in [0.2, 0.25) is 0 Å². The van der Waals surface area contributed by atoms with Crippen molar-refractivity contribution in [2.75, 3.05) is 19.4 Å². The van der Waals surface area contributed by atoms with Crippen molar-refractivity contribution in [1.29, 1.82) is 0 Å². The number of amides is 1. The first-order valence-electron chi connectivity index (χ1n) is 5.72. The molecule has 0 atom stereocenters. The number of hydrogen-bond acceptors (Lipinski definition) is 4. The van der Waals surface area contributed by atoms with Gasteiger partial charge in [-0.2, -0.15) is 0 Å². The molecule has 1 amide bonds. The van der Waals surface area contributed by atoms with E-state index in [1.165, 1.54) is 11.3 Å². The Morgan fingerprint density at radius 2 is 2.26 bits per heavy atom. The molecule has 0 aliphatic carbocycles. The van der Waals surface area contributed by atoms with Crippen LogP contribution in [0.25, 0.3) is 0 Å². The second kappa shape index (κ2) is 6.04. The molecule has 0 spiro atoms. The van der Waals surface area contributed by atoms with Gasteiger partial charge in [-0.05, 0) is 18.2 Å². The third-order valence-electron chi connectivity index (χ3n) is 2.48. The van der Waals surface area contributed by atoms with E-state index in [2.05, 4.69) is 10.3 Å². The number of carbonyl (C=O) groups is 1. The van der Waals surface area contributed by atoms with E-state index < -0.39 is 0 Å². The van der Waals surface area contributed by atoms with Crippen molar-refractivity contribution in [3.05, 3.63) is 45.4 Å². The molecule has 0 saturated carbocycles. The van der Waals surface area contributed by atoms with Gasteiger partial charge in [0.05, 0.1) is 12.7 Å². The summed E-state index contributed by atoms with van der Waals surface area (Å²) in [5.41, 5.74) is 1.55. The van der Waals surface area contributed by atoms with E-state index in [0.717, 1.165) is 10.7 Å². The number of nitrogens with zero attached hydrogens (tertiary/aromatic N) is 2. The Kier molecular flexibility index (Phi) is 4.39. The second-order valence-corrected chi connectivity index (χ2v) is 5.94. The van der Waals surface area contributed by atoms with Crippen LogP contribution >= 0.6 is 22.9 Å². The molecule has 0 fully saturated rings. The Morgan fingerprint density at radius 1 is 1.47 bits per heavy atom. The maximum Gasteiger partial charge on any atom is 0.253 e. The highest BCUT2D eigenvalue weighted by molar-refractivity contribution is 7.15. The molecule has 0 unspecified atom stereocenters. The normalized spacial score (nSPS) is 10.3. The van der Waals surface area contributed by atoms with Crippen LogP contribution < -0.4 is 5.32 Å². The predicted molar refractivity (Wildman–Crippen MR) is 78.9 cm³/mol. The second-order valence-electron chi connectivity index (χ2n) is 4.19. The third-order valence-corrected chi connectivity index (χ3v) is 3.60. The first-order chi connectivity index (χ1) is 9.06. The maximum atomic E-state index is 11.8. The number of aromatic nitrogens is 1. The molecular weight excluding hydrogens is 282 g/mol. The molecular formula is C13H14ClN3OS. The summed E-state index contributed by atoms with van der Waals surface area (Å²) in [7, 11) is 3.47. The molecule has 0 aliphatic heterocycles. The van der Waals surface area contributed by atoms with Crippen LogP contribution in [0.1, 0.15) is 15.4 Å². The molecule has 2 rings (SSSR count). The number of rotatable bonds is 4. The predicted octanol–water partition coefficient (Wildman–Crippen LogP) is 3.11. The van der Waals surface area contributed by atoms with Gasteiger partial charge in [0.25, 0.3) is 5.91 Å². The monoisotopic (exact) mass is 295 g/mol. The van der Waals surface area contributed by atoms with E-state index in [1.54, 1.807) is 31.3 Å². The Balaban J connectivity index is 2.05. The van der Waals surface area contributed by atoms with Crippen LogP contribution in [0.15, 0.2) is 30.5 Å². The Labute approximate surface area is 121 Å². The quantitative estimate of drug-likeness (QED) is 0.942. The summed E-state index contributed by atoms with van der Waals surface area (Å²) < 4.78 is 0.674. The number of halogens is 1. The molecule has 2 aromatic rings. The highest BCUT2D eigenvalue weighted by Crippen LogP contribution is 2.19. The van der Waals surface area contributed by atoms with E-state index >= 15 is 0 Å². The number of hydrogen-bond donors (Lipinski definition) is 1. The van der Waals surface area contributed by atoms with Gasteiger partial charge in [-0.25, -0.2) is 4.98 Å². The van der Waals surface area contributed by atoms with Gasteiger partial charge < -0.3 is 10.2 Å². The molecule has 1 aromatic carbocycles. The first-order valence-corrected chi connectivity index (χ1v) is 6.91. The largest absolute Gasteiger partial charge is 0.379 e. The van der Waals surface area contributed by atoms with Crippen LogP contribution in [0, 0.1) is 0 Å². The molecule has 6 heteroatoms. The SMILES string of the molecule is CN(C)C(=O)c1cccc(NCc2ncc(Cl)s2)c1. The van der Waals surface area contributed by atoms with Crippen molar-refractivity contribution in [2.45, 2.75) is 6.54 Å². The summed E-state index contributed by atoms with van der Waals surface area (Å²) in [5, 5.41) is 4.14. The molecule has 0 saturated heterocycles. The zero-order valence-electron chi connectivity index (χ0n) is 10.7. The fourth-order valence-electron chi connectivity index (χ4n) is 1.57. The van der Waals surface area contributed by atoms with E-state index in [1.807, 2.05) is 18.2 Å². The smallest absolute Gasteiger partial charge is 0.253 e. The summed E-state index contributed by atoms with van der Waals surface area (Å²) in [4.78, 5) is 17.6. The molecule has 100 valence electrons. The number of carbonyl (C=O) groups excluding carboxylic acids is 1. The molecule has 0 radical (unpaired) electrons. The molecule has 1 N–H and O–H groups in total. The minimum Gasteiger partial charge on any atom is -0.379 e. The lowest BCUT2D eigenvalue weighted by atomic mass is 10.2. The van der Waals surface area contributed by atoms with Crippen molar-refractivity contribution >= 4 is 34.5 Å². The van der Waals surface area contributed by atoms with Gasteiger partial charge in [0.1, 0.15) is 9.34 Å². The van der Waals surface area contributed by atoms with E-state index in [9.17, 15) is 4.79 Å². The third kappa shape index (κ3) is 3.68. The van der Waals surface area contributed by atoms with Crippen molar-refractivity contribution in [2.24, 2.45) is 0 Å². The Morgan fingerprint density at radius 3 is 2.89 bits per heavy atom. The molecule has 1 heterocycles. The number of benzene rings is 1. The topological polar surface area (TPSA) is 45.2 Å². The molecule has 1 aromatic heterocycles. The lowest BCUT2D eigenvalue weighted by Crippen LogP contribution is -2.21. The zero-order chi connectivity index (χ0) is 13.8. The van der Waals surface area contributed by atoms with Gasteiger partial charge in [-0.15, -0.1) is 11.3 Å². The molecule has 4 nitrogen and oxygen atoms in total. The maximum absolute atomic E-state index is 11.8. The van der Waals surface area contributed by atoms with Gasteiger partial charge in [-0.1, -0.05) is 17.7 Å². The van der Waals surface area contributed by atoms with E-state index in [0.29, 0.717) is 16.4 Å². The number of thiazole rings is 1. The summed E-state index contributed by atoms with van der Waals surface area (Å²) >= 11 is 7.26. The Bertz CT molecular complexity index is 583. The van der Waals surface area contributed by atoms with Gasteiger partial charge in [0.15, 0.2) is 0 Å². The van der Waals surface area contributed by atoms with Gasteiger partial charge >= 0.3 is 0 Å². The van der Waals surface area contributed by atoms with Crippen LogP contribution in [0.3, 0.4) is 0 Å². The molecule has 0 bridgehead atoms. The minimum atomic E-state index is -0.0130. The van der Waals surface area contributed by atoms with Crippen molar-refractivity contribution in [1.82, 2.24) is 9.88 Å². The fourth-order valence-corrected chi connectivity index (χ4v) is 2.46. The summed E-state index contributed by atoms with van der Waals surface area (Å²) in [6, 6.07) is 7.40. The lowest BCUT2D eigenvalue weighted by molar-refractivity contribution is 0.0827. The van der Waals surface area contributed by atoms with Crippen LogP contribution in [-0.4, -0.2) is 29.9 Å². The van der Waals surface area contributed by atoms with Crippen molar-refractivity contribution in [3.8, 4) is 0 Å². The van der Waals surface area contributed by atoms with Crippen molar-refractivity contribution in [3.63, 3.8) is 0 Å². The lowest BCUT2D eigenvalue weighted by Gasteiger charge is -2.11. The summed E-state index contributed by atoms with van der Waals surface area (Å²) in [5.74, 6) is -0.0130. The van der Waals surface area contributed by atoms with Gasteiger partial charge in [0, 0.05) is 25.3 Å². The van der Waals surface area contributed by atoms with Crippen LogP contribution in [-0.2, 0) is 6.54 Å². The van der Waals surface area contributed by atoms with Crippen LogP contribution in [0.5, 0.6) is 0 Å². The number of nitrogens with one attached hydrogen (secondary N) is 1. The van der Waals surface area contributed by atoms with Crippen LogP contribution in [0.2, 0.25) is 4.34 Å². The van der Waals surface area contributed by atoms with Crippen molar-refractivity contribution < 1.29 is 4.79 Å².